The van der Waals surface area contributed by atoms with Gasteiger partial charge in [-0.05, 0) is 0 Å². The molecular weight excluding hydrogens is 84.0 g/mol. The van der Waals surface area contributed by atoms with E-state index in [4.69, 9.17) is 5.11 Å². The van der Waals surface area contributed by atoms with E-state index in [-0.39, 0.29) is 6.61 Å². The number of carbonyl (C=O) groups excluding carboxylic acids is 1. The molecule has 1 heterocycles. The molecule has 1 N–H and O–H groups in total. The third-order valence-corrected chi connectivity index (χ3v) is 0.656. The Morgan fingerprint density at radius 3 is 2.50 bits per heavy atom. The van der Waals surface area contributed by atoms with Crippen LogP contribution in [0.15, 0.2) is 0 Å². The summed E-state index contributed by atoms with van der Waals surface area (Å²) in [6.07, 6.45) is -0.829. The molecule has 1 fully saturated rings. The number of esters is 1. The summed E-state index contributed by atoms with van der Waals surface area (Å²) in [5.74, 6) is -0.505. The summed E-state index contributed by atoms with van der Waals surface area (Å²) >= 11 is 0. The first-order valence-electron chi connectivity index (χ1n) is 1.65. The van der Waals surface area contributed by atoms with E-state index >= 15 is 0 Å². The highest BCUT2D eigenvalue weighted by molar-refractivity contribution is 5.79. The van der Waals surface area contributed by atoms with Gasteiger partial charge in [-0.1, -0.05) is 0 Å². The molecule has 1 rings (SSSR count). The fourth-order valence-corrected chi connectivity index (χ4v) is 0.226. The molecule has 1 atom stereocenters. The minimum absolute atomic E-state index is 0.179. The number of hydrogen-bond donors (Lipinski definition) is 1. The van der Waals surface area contributed by atoms with E-state index < -0.39 is 12.1 Å². The topological polar surface area (TPSA) is 46.5 Å². The SMILES string of the molecule is O=C1OC[C@H]1O. The molecule has 1 aliphatic rings. The van der Waals surface area contributed by atoms with Crippen LogP contribution >= 0.6 is 0 Å². The summed E-state index contributed by atoms with van der Waals surface area (Å²) in [7, 11) is 0. The molecule has 3 heteroatoms. The van der Waals surface area contributed by atoms with Gasteiger partial charge in [-0.2, -0.15) is 0 Å². The quantitative estimate of drug-likeness (QED) is 0.382. The molecule has 1 saturated heterocycles. The Kier molecular flexibility index (Phi) is 0.569. The van der Waals surface area contributed by atoms with Crippen LogP contribution in [-0.4, -0.2) is 23.8 Å². The van der Waals surface area contributed by atoms with Crippen molar-refractivity contribution in [2.24, 2.45) is 0 Å². The predicted molar refractivity (Wildman–Crippen MR) is 17.0 cm³/mol. The lowest BCUT2D eigenvalue weighted by Crippen LogP contribution is -2.39. The highest BCUT2D eigenvalue weighted by Crippen LogP contribution is 1.99. The van der Waals surface area contributed by atoms with Crippen molar-refractivity contribution in [3.8, 4) is 0 Å². The van der Waals surface area contributed by atoms with Crippen LogP contribution in [0.25, 0.3) is 0 Å². The van der Waals surface area contributed by atoms with Gasteiger partial charge in [0.25, 0.3) is 0 Å². The van der Waals surface area contributed by atoms with Crippen molar-refractivity contribution in [3.63, 3.8) is 0 Å². The molecule has 0 aromatic heterocycles. The Morgan fingerprint density at radius 2 is 2.50 bits per heavy atom. The van der Waals surface area contributed by atoms with Crippen LogP contribution in [-0.2, 0) is 9.53 Å². The molecule has 6 heavy (non-hydrogen) atoms. The van der Waals surface area contributed by atoms with E-state index in [1.54, 1.807) is 0 Å². The first-order chi connectivity index (χ1) is 2.80. The molecule has 0 radical (unpaired) electrons. The summed E-state index contributed by atoms with van der Waals surface area (Å²) in [5.41, 5.74) is 0. The van der Waals surface area contributed by atoms with Gasteiger partial charge in [-0.15, -0.1) is 0 Å². The molecule has 0 amide bonds. The predicted octanol–water partition coefficient (Wildman–Crippen LogP) is -1.10. The standard InChI is InChI=1S/C3H4O3/c4-2-1-6-3(2)5/h2,4H,1H2/t2-/m1/s1. The fraction of sp³-hybridized carbons (Fsp3) is 0.667. The van der Waals surface area contributed by atoms with E-state index in [1.165, 1.54) is 0 Å². The largest absolute Gasteiger partial charge is 0.460 e. The molecule has 0 spiro atoms. The second-order valence-electron chi connectivity index (χ2n) is 1.15. The van der Waals surface area contributed by atoms with Crippen LogP contribution in [0.3, 0.4) is 0 Å². The molecular formula is C3H4O3. The van der Waals surface area contributed by atoms with Gasteiger partial charge in [0.05, 0.1) is 0 Å². The molecule has 0 aromatic carbocycles. The molecule has 1 aliphatic heterocycles. The first kappa shape index (κ1) is 3.61. The molecule has 3 nitrogen and oxygen atoms in total. The van der Waals surface area contributed by atoms with Crippen molar-refractivity contribution in [2.75, 3.05) is 6.61 Å². The molecule has 0 unspecified atom stereocenters. The maximum Gasteiger partial charge on any atom is 0.338 e. The van der Waals surface area contributed by atoms with E-state index in [1.807, 2.05) is 0 Å². The second kappa shape index (κ2) is 0.944. The average molecular weight is 88.1 g/mol. The van der Waals surface area contributed by atoms with Crippen molar-refractivity contribution in [3.05, 3.63) is 0 Å². The lowest BCUT2D eigenvalue weighted by atomic mass is 10.3. The summed E-state index contributed by atoms with van der Waals surface area (Å²) in [6.45, 7) is 0.179. The number of rotatable bonds is 0. The monoisotopic (exact) mass is 88.0 g/mol. The molecule has 0 saturated carbocycles. The normalized spacial score (nSPS) is 31.5. The van der Waals surface area contributed by atoms with Gasteiger partial charge >= 0.3 is 5.97 Å². The fourth-order valence-electron chi connectivity index (χ4n) is 0.226. The van der Waals surface area contributed by atoms with Crippen molar-refractivity contribution >= 4 is 5.97 Å². The zero-order valence-corrected chi connectivity index (χ0v) is 3.05. The van der Waals surface area contributed by atoms with Crippen molar-refractivity contribution in [1.29, 1.82) is 0 Å². The third kappa shape index (κ3) is 0.285. The van der Waals surface area contributed by atoms with Gasteiger partial charge in [-0.25, -0.2) is 4.79 Å². The molecule has 34 valence electrons. The molecule has 0 aromatic rings. The van der Waals surface area contributed by atoms with Gasteiger partial charge in [0.2, 0.25) is 0 Å². The van der Waals surface area contributed by atoms with Gasteiger partial charge < -0.3 is 9.84 Å². The van der Waals surface area contributed by atoms with Crippen molar-refractivity contribution < 1.29 is 14.6 Å². The second-order valence-corrected chi connectivity index (χ2v) is 1.15. The Bertz CT molecular complexity index is 78.1. The van der Waals surface area contributed by atoms with E-state index in [0.29, 0.717) is 0 Å². The van der Waals surface area contributed by atoms with Crippen LogP contribution in [0.2, 0.25) is 0 Å². The van der Waals surface area contributed by atoms with Crippen LogP contribution < -0.4 is 0 Å². The first-order valence-corrected chi connectivity index (χ1v) is 1.65. The van der Waals surface area contributed by atoms with Crippen LogP contribution in [0.5, 0.6) is 0 Å². The van der Waals surface area contributed by atoms with Crippen LogP contribution in [0.4, 0.5) is 0 Å². The minimum Gasteiger partial charge on any atom is -0.460 e. The van der Waals surface area contributed by atoms with Gasteiger partial charge in [0, 0.05) is 0 Å². The van der Waals surface area contributed by atoms with E-state index in [2.05, 4.69) is 4.74 Å². The summed E-state index contributed by atoms with van der Waals surface area (Å²) in [4.78, 5) is 9.76. The number of ether oxygens (including phenoxy) is 1. The molecule has 0 bridgehead atoms. The van der Waals surface area contributed by atoms with Crippen molar-refractivity contribution in [2.45, 2.75) is 6.10 Å². The number of cyclic esters (lactones) is 1. The lowest BCUT2D eigenvalue weighted by molar-refractivity contribution is -0.178. The van der Waals surface area contributed by atoms with E-state index in [0.717, 1.165) is 0 Å². The highest BCUT2D eigenvalue weighted by Gasteiger charge is 2.27. The lowest BCUT2D eigenvalue weighted by Gasteiger charge is -2.17. The van der Waals surface area contributed by atoms with Crippen LogP contribution in [0.1, 0.15) is 0 Å². The molecule has 0 aliphatic carbocycles. The van der Waals surface area contributed by atoms with Gasteiger partial charge in [0.1, 0.15) is 6.61 Å². The maximum absolute atomic E-state index is 9.76. The smallest absolute Gasteiger partial charge is 0.338 e. The highest BCUT2D eigenvalue weighted by atomic mass is 16.6. The Balaban J connectivity index is 2.39. The van der Waals surface area contributed by atoms with E-state index in [9.17, 15) is 4.79 Å². The third-order valence-electron chi connectivity index (χ3n) is 0.656. The average Bonchev–Trinajstić information content (AvgIpc) is 1.61. The minimum atomic E-state index is -0.829. The Hall–Kier alpha value is -0.570. The number of aliphatic hydroxyl groups excluding tert-OH is 1. The maximum atomic E-state index is 9.76. The number of aliphatic hydroxyl groups is 1. The van der Waals surface area contributed by atoms with Crippen LogP contribution in [0, 0.1) is 0 Å². The van der Waals surface area contributed by atoms with Crippen molar-refractivity contribution in [1.82, 2.24) is 0 Å². The summed E-state index contributed by atoms with van der Waals surface area (Å²) in [6, 6.07) is 0. The Morgan fingerprint density at radius 1 is 2.00 bits per heavy atom. The Labute approximate surface area is 34.5 Å². The zero-order valence-electron chi connectivity index (χ0n) is 3.05. The zero-order chi connectivity index (χ0) is 4.57. The summed E-state index contributed by atoms with van der Waals surface area (Å²) < 4.78 is 4.15. The van der Waals surface area contributed by atoms with Gasteiger partial charge in [0.15, 0.2) is 6.10 Å². The number of carbonyl (C=O) groups is 1. The summed E-state index contributed by atoms with van der Waals surface area (Å²) in [5, 5.41) is 8.24. The van der Waals surface area contributed by atoms with Gasteiger partial charge in [-0.3, -0.25) is 0 Å². The number of hydrogen-bond acceptors (Lipinski definition) is 3.